The molecule has 0 heterocycles. The highest BCUT2D eigenvalue weighted by molar-refractivity contribution is 8.09. The van der Waals surface area contributed by atoms with Gasteiger partial charge < -0.3 is 9.79 Å². The second-order valence-corrected chi connectivity index (χ2v) is 3.23. The predicted molar refractivity (Wildman–Crippen MR) is 19.9 cm³/mol. The SMILES string of the molecule is N#CP([O-])([O-])=S. The van der Waals surface area contributed by atoms with Gasteiger partial charge in [-0.1, -0.05) is 0 Å². The van der Waals surface area contributed by atoms with E-state index < -0.39 is 6.49 Å². The van der Waals surface area contributed by atoms with Crippen molar-refractivity contribution in [2.24, 2.45) is 0 Å². The van der Waals surface area contributed by atoms with E-state index in [1.165, 1.54) is 0 Å². The highest BCUT2D eigenvalue weighted by Gasteiger charge is 1.67. The van der Waals surface area contributed by atoms with E-state index in [1.807, 2.05) is 0 Å². The lowest BCUT2D eigenvalue weighted by Crippen LogP contribution is -2.09. The Balaban J connectivity index is 3.94. The van der Waals surface area contributed by atoms with Gasteiger partial charge in [-0.2, -0.15) is 5.26 Å². The van der Waals surface area contributed by atoms with Crippen molar-refractivity contribution < 1.29 is 9.79 Å². The largest absolute Gasteiger partial charge is 0.822 e. The molecule has 0 atom stereocenters. The Kier molecular flexibility index (Phi) is 1.69. The molecule has 0 aromatic rings. The van der Waals surface area contributed by atoms with Gasteiger partial charge >= 0.3 is 0 Å². The van der Waals surface area contributed by atoms with Crippen molar-refractivity contribution >= 4 is 18.3 Å². The number of rotatable bonds is 0. The van der Waals surface area contributed by atoms with Gasteiger partial charge in [0.25, 0.3) is 0 Å². The summed E-state index contributed by atoms with van der Waals surface area (Å²) < 4.78 is 0. The van der Waals surface area contributed by atoms with Gasteiger partial charge in [0.1, 0.15) is 0 Å². The maximum Gasteiger partial charge on any atom is 0.0652 e. The summed E-state index contributed by atoms with van der Waals surface area (Å²) in [6.07, 6.45) is 0. The predicted octanol–water partition coefficient (Wildman–Crippen LogP) is -1.50. The average molecular weight is 121 g/mol. The molecule has 0 bridgehead atoms. The second kappa shape index (κ2) is 1.67. The normalized spacial score (nSPS) is 10.2. The van der Waals surface area contributed by atoms with Gasteiger partial charge in [-0.05, 0) is 0 Å². The molecular weight excluding hydrogens is 121 g/mol. The van der Waals surface area contributed by atoms with E-state index >= 15 is 0 Å². The summed E-state index contributed by atoms with van der Waals surface area (Å²) in [6.45, 7) is -4.01. The maximum atomic E-state index is 9.48. The summed E-state index contributed by atoms with van der Waals surface area (Å²) in [5.41, 5.74) is 0. The lowest BCUT2D eigenvalue weighted by molar-refractivity contribution is -0.289. The van der Waals surface area contributed by atoms with Crippen LogP contribution in [0.1, 0.15) is 0 Å². The zero-order valence-corrected chi connectivity index (χ0v) is 4.33. The zero-order valence-electron chi connectivity index (χ0n) is 2.62. The molecule has 0 amide bonds. The topological polar surface area (TPSA) is 69.9 Å². The number of hydrogen-bond donors (Lipinski definition) is 0. The fourth-order valence-electron chi connectivity index (χ4n) is 0. The standard InChI is InChI=1S/CH2NO2PS/c2-1-5(3,4)6/h(H2,3,4,6)/p-2. The van der Waals surface area contributed by atoms with E-state index in [4.69, 9.17) is 5.26 Å². The first-order valence-corrected chi connectivity index (χ1v) is 3.63. The van der Waals surface area contributed by atoms with Gasteiger partial charge in [-0.3, -0.25) is 0 Å². The number of hydrogen-bond acceptors (Lipinski definition) is 4. The molecule has 0 radical (unpaired) electrons. The van der Waals surface area contributed by atoms with Crippen LogP contribution in [0.2, 0.25) is 0 Å². The van der Waals surface area contributed by atoms with Crippen LogP contribution < -0.4 is 9.79 Å². The monoisotopic (exact) mass is 121 g/mol. The fourth-order valence-corrected chi connectivity index (χ4v) is 0. The molecule has 34 valence electrons. The van der Waals surface area contributed by atoms with Gasteiger partial charge in [0.15, 0.2) is 0 Å². The first-order valence-electron chi connectivity index (χ1n) is 0.995. The Morgan fingerprint density at radius 1 is 1.67 bits per heavy atom. The molecule has 0 unspecified atom stereocenters. The van der Waals surface area contributed by atoms with Crippen LogP contribution in [0.25, 0.3) is 0 Å². The zero-order chi connectivity index (χ0) is 5.21. The van der Waals surface area contributed by atoms with Gasteiger partial charge in [0.2, 0.25) is 0 Å². The van der Waals surface area contributed by atoms with Gasteiger partial charge in [-0.15, -0.1) is 18.3 Å². The van der Waals surface area contributed by atoms with Crippen molar-refractivity contribution in [3.63, 3.8) is 0 Å². The molecule has 0 fully saturated rings. The Hall–Kier alpha value is 0.0600. The highest BCUT2D eigenvalue weighted by atomic mass is 32.5. The first-order chi connectivity index (χ1) is 2.56. The summed E-state index contributed by atoms with van der Waals surface area (Å²) in [5.74, 6) is 0.919. The van der Waals surface area contributed by atoms with E-state index in [1.54, 1.807) is 0 Å². The molecule has 0 N–H and O–H groups in total. The van der Waals surface area contributed by atoms with E-state index in [-0.39, 0.29) is 0 Å². The van der Waals surface area contributed by atoms with Crippen molar-refractivity contribution in [2.45, 2.75) is 0 Å². The van der Waals surface area contributed by atoms with Crippen molar-refractivity contribution in [3.05, 3.63) is 0 Å². The summed E-state index contributed by atoms with van der Waals surface area (Å²) >= 11 is 3.62. The minimum atomic E-state index is -4.01. The van der Waals surface area contributed by atoms with Crippen molar-refractivity contribution in [2.75, 3.05) is 0 Å². The van der Waals surface area contributed by atoms with Crippen LogP contribution in [-0.2, 0) is 11.8 Å². The summed E-state index contributed by atoms with van der Waals surface area (Å²) in [5, 5.41) is 7.47. The summed E-state index contributed by atoms with van der Waals surface area (Å²) in [4.78, 5) is 19.0. The van der Waals surface area contributed by atoms with Gasteiger partial charge in [0, 0.05) is 0 Å². The molecule has 0 rings (SSSR count). The highest BCUT2D eigenvalue weighted by Crippen LogP contribution is 2.18. The number of nitriles is 1. The van der Waals surface area contributed by atoms with Gasteiger partial charge in [0.05, 0.1) is 5.81 Å². The molecule has 0 spiro atoms. The minimum Gasteiger partial charge on any atom is -0.822 e. The summed E-state index contributed by atoms with van der Waals surface area (Å²) in [7, 11) is 0. The van der Waals surface area contributed by atoms with Crippen molar-refractivity contribution in [3.8, 4) is 5.81 Å². The Bertz CT molecular complexity index is 120. The molecule has 0 aliphatic heterocycles. The third kappa shape index (κ3) is 4.06. The molecule has 0 aromatic heterocycles. The molecule has 3 nitrogen and oxygen atoms in total. The van der Waals surface area contributed by atoms with Crippen LogP contribution in [0.15, 0.2) is 0 Å². The van der Waals surface area contributed by atoms with E-state index in [2.05, 4.69) is 11.8 Å². The molecule has 0 aromatic carbocycles. The third-order valence-corrected chi connectivity index (χ3v) is 0.612. The van der Waals surface area contributed by atoms with Crippen LogP contribution in [0.5, 0.6) is 0 Å². The first kappa shape index (κ1) is 6.06. The molecule has 0 aliphatic carbocycles. The van der Waals surface area contributed by atoms with Crippen molar-refractivity contribution in [1.29, 1.82) is 5.26 Å². The van der Waals surface area contributed by atoms with Crippen LogP contribution >= 0.6 is 6.49 Å². The van der Waals surface area contributed by atoms with Gasteiger partial charge in [-0.25, -0.2) is 0 Å². The van der Waals surface area contributed by atoms with E-state index in [0.717, 1.165) is 5.81 Å². The average Bonchev–Trinajstić information content (AvgIpc) is 1.35. The van der Waals surface area contributed by atoms with Crippen LogP contribution in [0, 0.1) is 11.1 Å². The lowest BCUT2D eigenvalue weighted by atomic mass is 11.8. The maximum absolute atomic E-state index is 9.48. The molecule has 5 heteroatoms. The lowest BCUT2D eigenvalue weighted by Gasteiger charge is -2.23. The number of nitrogens with zero attached hydrogens (tertiary/aromatic N) is 1. The van der Waals surface area contributed by atoms with E-state index in [0.29, 0.717) is 0 Å². The third-order valence-electron chi connectivity index (χ3n) is 0.122. The Morgan fingerprint density at radius 2 is 1.83 bits per heavy atom. The van der Waals surface area contributed by atoms with Crippen LogP contribution in [0.4, 0.5) is 0 Å². The quantitative estimate of drug-likeness (QED) is 0.365. The molecule has 0 saturated carbocycles. The molecule has 0 saturated heterocycles. The smallest absolute Gasteiger partial charge is 0.0652 e. The molecule has 0 aliphatic rings. The van der Waals surface area contributed by atoms with Crippen LogP contribution in [-0.4, -0.2) is 0 Å². The second-order valence-electron chi connectivity index (χ2n) is 0.597. The van der Waals surface area contributed by atoms with Crippen molar-refractivity contribution in [1.82, 2.24) is 0 Å². The molecular formula is CNO2PS-2. The Morgan fingerprint density at radius 3 is 1.83 bits per heavy atom. The summed E-state index contributed by atoms with van der Waals surface area (Å²) in [6, 6.07) is 0. The fraction of sp³-hybridized carbons (Fsp3) is 0. The Labute approximate surface area is 40.0 Å². The molecule has 6 heavy (non-hydrogen) atoms. The van der Waals surface area contributed by atoms with E-state index in [9.17, 15) is 9.79 Å². The van der Waals surface area contributed by atoms with Crippen LogP contribution in [0.3, 0.4) is 0 Å². The minimum absolute atomic E-state index is 0.919.